The Morgan fingerprint density at radius 2 is 1.90 bits per heavy atom. The van der Waals surface area contributed by atoms with E-state index in [1.165, 1.54) is 6.42 Å². The van der Waals surface area contributed by atoms with Crippen molar-refractivity contribution in [3.05, 3.63) is 0 Å². The van der Waals surface area contributed by atoms with E-state index in [-0.39, 0.29) is 0 Å². The smallest absolute Gasteiger partial charge is 0.133 e. The summed E-state index contributed by atoms with van der Waals surface area (Å²) >= 11 is 0. The van der Waals surface area contributed by atoms with Gasteiger partial charge < -0.3 is 0 Å². The number of Topliss-reactive ketones (excluding diaryl/α,β-unsaturated/α-hetero) is 1. The van der Waals surface area contributed by atoms with E-state index in [1.54, 1.807) is 6.92 Å². The molecule has 0 aliphatic heterocycles. The van der Waals surface area contributed by atoms with E-state index < -0.39 is 0 Å². The molecule has 1 aliphatic rings. The molecule has 1 rings (SSSR count). The van der Waals surface area contributed by atoms with Crippen molar-refractivity contribution in [2.45, 2.75) is 33.6 Å². The molecule has 10 heavy (non-hydrogen) atoms. The number of carbonyl (C=O) groups excluding carboxylic acids is 1. The predicted molar refractivity (Wildman–Crippen MR) is 41.7 cm³/mol. The summed E-state index contributed by atoms with van der Waals surface area (Å²) in [6.07, 6.45) is 2.36. The molecule has 0 bridgehead atoms. The number of rotatable bonds is 1. The Labute approximate surface area is 62.8 Å². The molecule has 1 aliphatic carbocycles. The number of ketones is 1. The van der Waals surface area contributed by atoms with Gasteiger partial charge in [0, 0.05) is 5.92 Å². The summed E-state index contributed by atoms with van der Waals surface area (Å²) < 4.78 is 0. The standard InChI is InChI=1S/C9H16O/c1-6-4-7(2)9(5-6)8(3)10/h6-7,9H,4-5H2,1-3H3. The summed E-state index contributed by atoms with van der Waals surface area (Å²) in [5.41, 5.74) is 0. The van der Waals surface area contributed by atoms with Gasteiger partial charge in [-0.2, -0.15) is 0 Å². The van der Waals surface area contributed by atoms with Gasteiger partial charge in [-0.25, -0.2) is 0 Å². The van der Waals surface area contributed by atoms with Gasteiger partial charge in [-0.3, -0.25) is 4.79 Å². The molecule has 3 unspecified atom stereocenters. The van der Waals surface area contributed by atoms with Gasteiger partial charge in [-0.05, 0) is 31.6 Å². The van der Waals surface area contributed by atoms with E-state index >= 15 is 0 Å². The van der Waals surface area contributed by atoms with E-state index in [1.807, 2.05) is 0 Å². The first-order valence-electron chi connectivity index (χ1n) is 4.11. The van der Waals surface area contributed by atoms with Crippen LogP contribution in [0.5, 0.6) is 0 Å². The first kappa shape index (κ1) is 7.77. The molecule has 0 saturated heterocycles. The molecule has 1 heteroatoms. The van der Waals surface area contributed by atoms with Gasteiger partial charge in [0.1, 0.15) is 5.78 Å². The maximum Gasteiger partial charge on any atom is 0.133 e. The lowest BCUT2D eigenvalue weighted by atomic mass is 9.95. The molecule has 0 radical (unpaired) electrons. The Bertz CT molecular complexity index is 140. The van der Waals surface area contributed by atoms with Crippen molar-refractivity contribution in [2.75, 3.05) is 0 Å². The Morgan fingerprint density at radius 3 is 2.10 bits per heavy atom. The normalized spacial score (nSPS) is 40.1. The minimum Gasteiger partial charge on any atom is -0.300 e. The Morgan fingerprint density at radius 1 is 1.30 bits per heavy atom. The van der Waals surface area contributed by atoms with Crippen molar-refractivity contribution >= 4 is 5.78 Å². The lowest BCUT2D eigenvalue weighted by Crippen LogP contribution is -2.12. The quantitative estimate of drug-likeness (QED) is 0.546. The van der Waals surface area contributed by atoms with Gasteiger partial charge in [0.05, 0.1) is 0 Å². The molecular weight excluding hydrogens is 124 g/mol. The first-order chi connectivity index (χ1) is 4.61. The second-order valence-corrected chi connectivity index (χ2v) is 3.77. The Balaban J connectivity index is 2.54. The molecule has 0 amide bonds. The molecule has 1 fully saturated rings. The van der Waals surface area contributed by atoms with Crippen LogP contribution in [0.4, 0.5) is 0 Å². The largest absolute Gasteiger partial charge is 0.300 e. The van der Waals surface area contributed by atoms with E-state index in [9.17, 15) is 4.79 Å². The SMILES string of the molecule is CC(=O)C1CC(C)CC1C. The fraction of sp³-hybridized carbons (Fsp3) is 0.889. The summed E-state index contributed by atoms with van der Waals surface area (Å²) in [7, 11) is 0. The van der Waals surface area contributed by atoms with Crippen molar-refractivity contribution in [2.24, 2.45) is 17.8 Å². The van der Waals surface area contributed by atoms with Crippen LogP contribution in [0.1, 0.15) is 33.6 Å². The number of hydrogen-bond donors (Lipinski definition) is 0. The van der Waals surface area contributed by atoms with Crippen LogP contribution in [0.25, 0.3) is 0 Å². The summed E-state index contributed by atoms with van der Waals surface area (Å²) in [6, 6.07) is 0. The summed E-state index contributed by atoms with van der Waals surface area (Å²) in [5, 5.41) is 0. The fourth-order valence-corrected chi connectivity index (χ4v) is 2.13. The third-order valence-electron chi connectivity index (χ3n) is 2.64. The summed E-state index contributed by atoms with van der Waals surface area (Å²) in [6.45, 7) is 6.15. The number of carbonyl (C=O) groups is 1. The average molecular weight is 140 g/mol. The topological polar surface area (TPSA) is 17.1 Å². The molecule has 58 valence electrons. The minimum atomic E-state index is 0.370. The van der Waals surface area contributed by atoms with Crippen molar-refractivity contribution in [1.29, 1.82) is 0 Å². The Kier molecular flexibility index (Phi) is 2.12. The van der Waals surface area contributed by atoms with Crippen LogP contribution in [0.15, 0.2) is 0 Å². The van der Waals surface area contributed by atoms with E-state index in [4.69, 9.17) is 0 Å². The molecule has 0 aromatic carbocycles. The maximum atomic E-state index is 11.0. The minimum absolute atomic E-state index is 0.370. The molecule has 0 aromatic rings. The zero-order chi connectivity index (χ0) is 7.72. The molecule has 3 atom stereocenters. The average Bonchev–Trinajstić information content (AvgIpc) is 2.10. The van der Waals surface area contributed by atoms with Crippen molar-refractivity contribution < 1.29 is 4.79 Å². The second kappa shape index (κ2) is 2.73. The van der Waals surface area contributed by atoms with Crippen LogP contribution < -0.4 is 0 Å². The molecule has 0 spiro atoms. The predicted octanol–water partition coefficient (Wildman–Crippen LogP) is 2.26. The van der Waals surface area contributed by atoms with Crippen LogP contribution in [0.2, 0.25) is 0 Å². The van der Waals surface area contributed by atoms with E-state index in [0.29, 0.717) is 17.6 Å². The van der Waals surface area contributed by atoms with Crippen LogP contribution in [-0.2, 0) is 4.79 Å². The van der Waals surface area contributed by atoms with Gasteiger partial charge in [0.2, 0.25) is 0 Å². The van der Waals surface area contributed by atoms with Crippen LogP contribution in [0.3, 0.4) is 0 Å². The first-order valence-corrected chi connectivity index (χ1v) is 4.11. The van der Waals surface area contributed by atoms with E-state index in [2.05, 4.69) is 13.8 Å². The molecule has 1 saturated carbocycles. The zero-order valence-electron chi connectivity index (χ0n) is 7.05. The highest BCUT2D eigenvalue weighted by molar-refractivity contribution is 5.78. The fourth-order valence-electron chi connectivity index (χ4n) is 2.13. The maximum absolute atomic E-state index is 11.0. The molecule has 1 nitrogen and oxygen atoms in total. The third kappa shape index (κ3) is 1.39. The Hall–Kier alpha value is -0.330. The van der Waals surface area contributed by atoms with Gasteiger partial charge in [-0.1, -0.05) is 13.8 Å². The highest BCUT2D eigenvalue weighted by Gasteiger charge is 2.31. The van der Waals surface area contributed by atoms with Crippen LogP contribution >= 0.6 is 0 Å². The summed E-state index contributed by atoms with van der Waals surface area (Å²) in [4.78, 5) is 11.0. The second-order valence-electron chi connectivity index (χ2n) is 3.77. The van der Waals surface area contributed by atoms with Gasteiger partial charge >= 0.3 is 0 Å². The highest BCUT2D eigenvalue weighted by atomic mass is 16.1. The molecular formula is C9H16O. The van der Waals surface area contributed by atoms with Crippen molar-refractivity contribution in [3.8, 4) is 0 Å². The lowest BCUT2D eigenvalue weighted by Gasteiger charge is -2.09. The van der Waals surface area contributed by atoms with Gasteiger partial charge in [-0.15, -0.1) is 0 Å². The van der Waals surface area contributed by atoms with Crippen LogP contribution in [-0.4, -0.2) is 5.78 Å². The zero-order valence-corrected chi connectivity index (χ0v) is 7.05. The molecule has 0 aromatic heterocycles. The molecule has 0 N–H and O–H groups in total. The third-order valence-corrected chi connectivity index (χ3v) is 2.64. The van der Waals surface area contributed by atoms with Gasteiger partial charge in [0.15, 0.2) is 0 Å². The van der Waals surface area contributed by atoms with Crippen LogP contribution in [0, 0.1) is 17.8 Å². The highest BCUT2D eigenvalue weighted by Crippen LogP contribution is 2.35. The summed E-state index contributed by atoms with van der Waals surface area (Å²) in [5.74, 6) is 2.16. The lowest BCUT2D eigenvalue weighted by molar-refractivity contribution is -0.121. The van der Waals surface area contributed by atoms with Crippen molar-refractivity contribution in [1.82, 2.24) is 0 Å². The van der Waals surface area contributed by atoms with E-state index in [0.717, 1.165) is 12.3 Å². The van der Waals surface area contributed by atoms with Gasteiger partial charge in [0.25, 0.3) is 0 Å². The van der Waals surface area contributed by atoms with Crippen molar-refractivity contribution in [3.63, 3.8) is 0 Å². The molecule has 0 heterocycles. The number of hydrogen-bond acceptors (Lipinski definition) is 1. The monoisotopic (exact) mass is 140 g/mol.